The van der Waals surface area contributed by atoms with E-state index < -0.39 is 10.0 Å². The van der Waals surface area contributed by atoms with Gasteiger partial charge in [0.05, 0.1) is 4.90 Å². The van der Waals surface area contributed by atoms with Crippen LogP contribution in [0.2, 0.25) is 0 Å². The zero-order valence-corrected chi connectivity index (χ0v) is 13.7. The monoisotopic (exact) mass is 312 g/mol. The first-order valence-corrected chi connectivity index (χ1v) is 8.75. The molecule has 1 aromatic rings. The molecule has 6 nitrogen and oxygen atoms in total. The molecule has 0 aliphatic heterocycles. The Labute approximate surface area is 127 Å². The van der Waals surface area contributed by atoms with Crippen LogP contribution in [0.1, 0.15) is 26.2 Å². The van der Waals surface area contributed by atoms with E-state index in [1.54, 1.807) is 6.07 Å². The summed E-state index contributed by atoms with van der Waals surface area (Å²) in [5.41, 5.74) is -0.0371. The molecule has 1 aliphatic carbocycles. The Bertz CT molecular complexity index is 582. The Hall–Kier alpha value is -1.18. The topological polar surface area (TPSA) is 74.3 Å². The molecule has 0 spiro atoms. The number of nitrogens with one attached hydrogen (secondary N) is 2. The summed E-state index contributed by atoms with van der Waals surface area (Å²) in [5, 5.41) is 3.02. The molecule has 2 N–H and O–H groups in total. The van der Waals surface area contributed by atoms with Crippen LogP contribution in [0.5, 0.6) is 0 Å². The van der Waals surface area contributed by atoms with Crippen LogP contribution in [0.15, 0.2) is 23.2 Å². The summed E-state index contributed by atoms with van der Waals surface area (Å²) in [5.74, 6) is 0.575. The lowest BCUT2D eigenvalue weighted by Crippen LogP contribution is -2.57. The predicted molar refractivity (Wildman–Crippen MR) is 83.9 cm³/mol. The second-order valence-corrected chi connectivity index (χ2v) is 7.47. The van der Waals surface area contributed by atoms with Crippen molar-refractivity contribution in [3.8, 4) is 0 Å². The number of pyridine rings is 1. The van der Waals surface area contributed by atoms with E-state index in [1.165, 1.54) is 12.3 Å². The quantitative estimate of drug-likeness (QED) is 0.793. The lowest BCUT2D eigenvalue weighted by atomic mass is 9.76. The lowest BCUT2D eigenvalue weighted by molar-refractivity contribution is 0.0657. The number of anilines is 1. The van der Waals surface area contributed by atoms with Gasteiger partial charge in [0.2, 0.25) is 10.0 Å². The van der Waals surface area contributed by atoms with E-state index in [1.807, 2.05) is 21.0 Å². The summed E-state index contributed by atoms with van der Waals surface area (Å²) >= 11 is 0. The molecule has 2 rings (SSSR count). The maximum absolute atomic E-state index is 12.4. The van der Waals surface area contributed by atoms with E-state index >= 15 is 0 Å². The van der Waals surface area contributed by atoms with Gasteiger partial charge in [-0.15, -0.1) is 0 Å². The Kier molecular flexibility index (Phi) is 4.85. The molecule has 7 heteroatoms. The summed E-state index contributed by atoms with van der Waals surface area (Å²) in [7, 11) is 0.506. The third kappa shape index (κ3) is 3.53. The molecule has 0 radical (unpaired) electrons. The van der Waals surface area contributed by atoms with Gasteiger partial charge in [-0.05, 0) is 46.3 Å². The number of hydrogen-bond donors (Lipinski definition) is 2. The standard InChI is InChI=1S/C14H24N4O2S/c1-4-15-13-10-12(6-9-16-13)21(19,20)17-11-14(18(2)3)7-5-8-14/h6,9-10,17H,4-5,7-8,11H2,1-3H3,(H,15,16). The third-order valence-electron chi connectivity index (χ3n) is 4.22. The molecule has 0 bridgehead atoms. The van der Waals surface area contributed by atoms with Crippen molar-refractivity contribution >= 4 is 15.8 Å². The number of nitrogens with zero attached hydrogens (tertiary/aromatic N) is 2. The van der Waals surface area contributed by atoms with Crippen molar-refractivity contribution in [1.82, 2.24) is 14.6 Å². The van der Waals surface area contributed by atoms with Crippen molar-refractivity contribution in [2.75, 3.05) is 32.5 Å². The molecule has 0 aromatic carbocycles. The number of likely N-dealkylation sites (N-methyl/N-ethyl adjacent to an activating group) is 1. The van der Waals surface area contributed by atoms with Gasteiger partial charge in [-0.2, -0.15) is 0 Å². The van der Waals surface area contributed by atoms with Gasteiger partial charge >= 0.3 is 0 Å². The Morgan fingerprint density at radius 3 is 2.62 bits per heavy atom. The van der Waals surface area contributed by atoms with E-state index in [0.717, 1.165) is 19.3 Å². The van der Waals surface area contributed by atoms with E-state index in [-0.39, 0.29) is 10.4 Å². The minimum absolute atomic E-state index is 0.0371. The zero-order valence-electron chi connectivity index (χ0n) is 12.9. The lowest BCUT2D eigenvalue weighted by Gasteiger charge is -2.47. The van der Waals surface area contributed by atoms with Crippen LogP contribution >= 0.6 is 0 Å². The molecule has 1 saturated carbocycles. The third-order valence-corrected chi connectivity index (χ3v) is 5.62. The van der Waals surface area contributed by atoms with Crippen LogP contribution < -0.4 is 10.0 Å². The molecular weight excluding hydrogens is 288 g/mol. The summed E-state index contributed by atoms with van der Waals surface area (Å²) in [6.45, 7) is 3.09. The highest BCUT2D eigenvalue weighted by molar-refractivity contribution is 7.89. The first-order chi connectivity index (χ1) is 9.89. The number of rotatable bonds is 7. The van der Waals surface area contributed by atoms with Crippen LogP contribution in [-0.4, -0.2) is 51.0 Å². The SMILES string of the molecule is CCNc1cc(S(=O)(=O)NCC2(N(C)C)CCC2)ccn1. The predicted octanol–water partition coefficient (Wildman–Crippen LogP) is 1.28. The zero-order chi connectivity index (χ0) is 15.5. The van der Waals surface area contributed by atoms with Crippen molar-refractivity contribution in [3.05, 3.63) is 18.3 Å². The maximum atomic E-state index is 12.4. The van der Waals surface area contributed by atoms with E-state index in [2.05, 4.69) is 19.9 Å². The van der Waals surface area contributed by atoms with Crippen LogP contribution in [0.3, 0.4) is 0 Å². The van der Waals surface area contributed by atoms with E-state index in [0.29, 0.717) is 18.9 Å². The minimum Gasteiger partial charge on any atom is -0.370 e. The smallest absolute Gasteiger partial charge is 0.240 e. The Balaban J connectivity index is 2.09. The Morgan fingerprint density at radius 2 is 2.10 bits per heavy atom. The summed E-state index contributed by atoms with van der Waals surface area (Å²) < 4.78 is 27.6. The van der Waals surface area contributed by atoms with Gasteiger partial charge in [-0.3, -0.25) is 0 Å². The second kappa shape index (κ2) is 6.29. The average molecular weight is 312 g/mol. The second-order valence-electron chi connectivity index (χ2n) is 5.70. The number of hydrogen-bond acceptors (Lipinski definition) is 5. The molecular formula is C14H24N4O2S. The van der Waals surface area contributed by atoms with Crippen molar-refractivity contribution in [2.24, 2.45) is 0 Å². The fourth-order valence-electron chi connectivity index (χ4n) is 2.54. The van der Waals surface area contributed by atoms with Crippen LogP contribution in [0.25, 0.3) is 0 Å². The molecule has 21 heavy (non-hydrogen) atoms. The van der Waals surface area contributed by atoms with Gasteiger partial charge in [-0.25, -0.2) is 18.1 Å². The Morgan fingerprint density at radius 1 is 1.38 bits per heavy atom. The van der Waals surface area contributed by atoms with Gasteiger partial charge in [0.1, 0.15) is 5.82 Å². The fraction of sp³-hybridized carbons (Fsp3) is 0.643. The van der Waals surface area contributed by atoms with Crippen LogP contribution in [0, 0.1) is 0 Å². The van der Waals surface area contributed by atoms with Gasteiger partial charge < -0.3 is 10.2 Å². The first kappa shape index (κ1) is 16.2. The normalized spacial score (nSPS) is 17.5. The van der Waals surface area contributed by atoms with Crippen molar-refractivity contribution in [1.29, 1.82) is 0 Å². The van der Waals surface area contributed by atoms with Gasteiger partial charge in [0, 0.05) is 30.9 Å². The van der Waals surface area contributed by atoms with Crippen LogP contribution in [-0.2, 0) is 10.0 Å². The molecule has 1 aliphatic rings. The highest BCUT2D eigenvalue weighted by atomic mass is 32.2. The van der Waals surface area contributed by atoms with Gasteiger partial charge in [0.25, 0.3) is 0 Å². The highest BCUT2D eigenvalue weighted by Gasteiger charge is 2.39. The summed E-state index contributed by atoms with van der Waals surface area (Å²) in [6.07, 6.45) is 4.72. The van der Waals surface area contributed by atoms with Crippen LogP contribution in [0.4, 0.5) is 5.82 Å². The largest absolute Gasteiger partial charge is 0.370 e. The maximum Gasteiger partial charge on any atom is 0.240 e. The fourth-order valence-corrected chi connectivity index (χ4v) is 3.67. The average Bonchev–Trinajstić information content (AvgIpc) is 2.37. The molecule has 1 aromatic heterocycles. The van der Waals surface area contributed by atoms with E-state index in [9.17, 15) is 8.42 Å². The summed E-state index contributed by atoms with van der Waals surface area (Å²) in [4.78, 5) is 6.47. The van der Waals surface area contributed by atoms with Crippen molar-refractivity contribution in [2.45, 2.75) is 36.6 Å². The summed E-state index contributed by atoms with van der Waals surface area (Å²) in [6, 6.07) is 3.08. The molecule has 0 amide bonds. The molecule has 118 valence electrons. The number of aromatic nitrogens is 1. The minimum atomic E-state index is -3.50. The van der Waals surface area contributed by atoms with Crippen molar-refractivity contribution < 1.29 is 8.42 Å². The molecule has 1 fully saturated rings. The highest BCUT2D eigenvalue weighted by Crippen LogP contribution is 2.35. The molecule has 0 atom stereocenters. The molecule has 0 unspecified atom stereocenters. The molecule has 1 heterocycles. The van der Waals surface area contributed by atoms with E-state index in [4.69, 9.17) is 0 Å². The molecule has 0 saturated heterocycles. The number of sulfonamides is 1. The van der Waals surface area contributed by atoms with Crippen molar-refractivity contribution in [3.63, 3.8) is 0 Å². The van der Waals surface area contributed by atoms with Gasteiger partial charge in [0.15, 0.2) is 0 Å². The van der Waals surface area contributed by atoms with Gasteiger partial charge in [-0.1, -0.05) is 0 Å². The first-order valence-electron chi connectivity index (χ1n) is 7.27.